The summed E-state index contributed by atoms with van der Waals surface area (Å²) < 4.78 is 0. The maximum Gasteiger partial charge on any atom is 0.224 e. The Morgan fingerprint density at radius 3 is 2.52 bits per heavy atom. The minimum Gasteiger partial charge on any atom is -0.343 e. The van der Waals surface area contributed by atoms with Gasteiger partial charge in [0.1, 0.15) is 0 Å². The van der Waals surface area contributed by atoms with E-state index in [4.69, 9.17) is 0 Å². The van der Waals surface area contributed by atoms with Crippen LogP contribution in [-0.4, -0.2) is 47.3 Å². The third-order valence-electron chi connectivity index (χ3n) is 5.79. The third kappa shape index (κ3) is 4.62. The molecule has 4 nitrogen and oxygen atoms in total. The van der Waals surface area contributed by atoms with Gasteiger partial charge in [0, 0.05) is 39.0 Å². The summed E-state index contributed by atoms with van der Waals surface area (Å²) in [6.07, 6.45) is 6.89. The second kappa shape index (κ2) is 8.50. The first kappa shape index (κ1) is 18.0. The molecule has 0 unspecified atom stereocenters. The highest BCUT2D eigenvalue weighted by molar-refractivity contribution is 5.79. The third-order valence-corrected chi connectivity index (χ3v) is 5.79. The summed E-state index contributed by atoms with van der Waals surface area (Å²) in [5, 5.41) is 0. The number of nitrogens with zero attached hydrogens (tertiary/aromatic N) is 2. The zero-order valence-electron chi connectivity index (χ0n) is 15.3. The lowest BCUT2D eigenvalue weighted by molar-refractivity contribution is -0.137. The van der Waals surface area contributed by atoms with Gasteiger partial charge >= 0.3 is 0 Å². The number of hydrogen-bond acceptors (Lipinski definition) is 2. The zero-order valence-corrected chi connectivity index (χ0v) is 15.3. The van der Waals surface area contributed by atoms with Crippen molar-refractivity contribution in [3.8, 4) is 0 Å². The number of carbonyl (C=O) groups is 2. The summed E-state index contributed by atoms with van der Waals surface area (Å²) in [4.78, 5) is 28.6. The van der Waals surface area contributed by atoms with Gasteiger partial charge in [0.15, 0.2) is 0 Å². The molecule has 0 bridgehead atoms. The van der Waals surface area contributed by atoms with Crippen molar-refractivity contribution in [2.45, 2.75) is 63.8 Å². The predicted octanol–water partition coefficient (Wildman–Crippen LogP) is 3.57. The van der Waals surface area contributed by atoms with Gasteiger partial charge < -0.3 is 9.80 Å². The molecule has 2 fully saturated rings. The molecule has 2 saturated heterocycles. The Balaban J connectivity index is 1.56. The Labute approximate surface area is 151 Å². The van der Waals surface area contributed by atoms with Crippen molar-refractivity contribution >= 4 is 11.8 Å². The lowest BCUT2D eigenvalue weighted by atomic mass is 9.92. The molecule has 25 heavy (non-hydrogen) atoms. The van der Waals surface area contributed by atoms with Gasteiger partial charge in [-0.1, -0.05) is 30.3 Å². The summed E-state index contributed by atoms with van der Waals surface area (Å²) in [6, 6.07) is 10.8. The number of benzene rings is 1. The van der Waals surface area contributed by atoms with Gasteiger partial charge in [0.2, 0.25) is 11.8 Å². The molecule has 2 aliphatic rings. The standard InChI is InChI=1S/C21H30N2O2/c1-17(24)23-14-6-5-11-20(23)16-21(25)22-13-7-10-19(12-15-22)18-8-3-2-4-9-18/h2-4,8-9,19-20H,5-7,10-16H2,1H3/t19-,20+/m0/s1. The van der Waals surface area contributed by atoms with Crippen LogP contribution in [0.25, 0.3) is 0 Å². The van der Waals surface area contributed by atoms with E-state index in [1.54, 1.807) is 6.92 Å². The Hall–Kier alpha value is -1.84. The Morgan fingerprint density at radius 1 is 0.960 bits per heavy atom. The van der Waals surface area contributed by atoms with Crippen LogP contribution in [0.5, 0.6) is 0 Å². The summed E-state index contributed by atoms with van der Waals surface area (Å²) in [5.74, 6) is 0.895. The number of carbonyl (C=O) groups excluding carboxylic acids is 2. The molecule has 0 saturated carbocycles. The van der Waals surface area contributed by atoms with Crippen LogP contribution >= 0.6 is 0 Å². The minimum atomic E-state index is 0.104. The predicted molar refractivity (Wildman–Crippen MR) is 99.3 cm³/mol. The van der Waals surface area contributed by atoms with Crippen LogP contribution in [0.15, 0.2) is 30.3 Å². The second-order valence-corrected chi connectivity index (χ2v) is 7.49. The first-order valence-electron chi connectivity index (χ1n) is 9.75. The van der Waals surface area contributed by atoms with Crippen molar-refractivity contribution in [1.82, 2.24) is 9.80 Å². The molecule has 2 aliphatic heterocycles. The number of rotatable bonds is 3. The van der Waals surface area contributed by atoms with Crippen LogP contribution in [0.1, 0.15) is 63.4 Å². The van der Waals surface area contributed by atoms with E-state index in [-0.39, 0.29) is 17.9 Å². The molecule has 2 heterocycles. The fourth-order valence-electron chi connectivity index (χ4n) is 4.36. The molecule has 1 aromatic carbocycles. The molecule has 0 aromatic heterocycles. The molecule has 1 aromatic rings. The van der Waals surface area contributed by atoms with Gasteiger partial charge in [0.25, 0.3) is 0 Å². The lowest BCUT2D eigenvalue weighted by Gasteiger charge is -2.36. The Kier molecular flexibility index (Phi) is 6.11. The average Bonchev–Trinajstić information content (AvgIpc) is 2.89. The highest BCUT2D eigenvalue weighted by atomic mass is 16.2. The molecule has 0 spiro atoms. The average molecular weight is 342 g/mol. The number of piperidine rings is 1. The van der Waals surface area contributed by atoms with Crippen molar-refractivity contribution < 1.29 is 9.59 Å². The SMILES string of the molecule is CC(=O)N1CCCC[C@@H]1CC(=O)N1CCC[C@H](c2ccccc2)CC1. The van der Waals surface area contributed by atoms with Crippen molar-refractivity contribution in [2.24, 2.45) is 0 Å². The van der Waals surface area contributed by atoms with E-state index < -0.39 is 0 Å². The van der Waals surface area contributed by atoms with Crippen LogP contribution in [0, 0.1) is 0 Å². The molecule has 4 heteroatoms. The molecule has 0 radical (unpaired) electrons. The lowest BCUT2D eigenvalue weighted by Crippen LogP contribution is -2.46. The van der Waals surface area contributed by atoms with Crippen molar-refractivity contribution in [3.63, 3.8) is 0 Å². The smallest absolute Gasteiger partial charge is 0.224 e. The molecule has 0 N–H and O–H groups in total. The van der Waals surface area contributed by atoms with Crippen LogP contribution in [0.2, 0.25) is 0 Å². The maximum atomic E-state index is 12.8. The van der Waals surface area contributed by atoms with Crippen LogP contribution in [0.3, 0.4) is 0 Å². The second-order valence-electron chi connectivity index (χ2n) is 7.49. The normalized spacial score (nSPS) is 24.7. The summed E-state index contributed by atoms with van der Waals surface area (Å²) in [7, 11) is 0. The highest BCUT2D eigenvalue weighted by Crippen LogP contribution is 2.28. The molecule has 2 atom stereocenters. The van der Waals surface area contributed by atoms with E-state index in [2.05, 4.69) is 30.3 Å². The van der Waals surface area contributed by atoms with Crippen molar-refractivity contribution in [3.05, 3.63) is 35.9 Å². The van der Waals surface area contributed by atoms with E-state index in [9.17, 15) is 9.59 Å². The highest BCUT2D eigenvalue weighted by Gasteiger charge is 2.29. The maximum absolute atomic E-state index is 12.8. The first-order chi connectivity index (χ1) is 12.1. The fourth-order valence-corrected chi connectivity index (χ4v) is 4.36. The topological polar surface area (TPSA) is 40.6 Å². The largest absolute Gasteiger partial charge is 0.343 e. The summed E-state index contributed by atoms with van der Waals surface area (Å²) in [6.45, 7) is 4.13. The zero-order chi connectivity index (χ0) is 17.6. The van der Waals surface area contributed by atoms with Crippen LogP contribution in [-0.2, 0) is 9.59 Å². The van der Waals surface area contributed by atoms with E-state index in [1.807, 2.05) is 9.80 Å². The molecule has 2 amide bonds. The quantitative estimate of drug-likeness (QED) is 0.842. The molecule has 3 rings (SSSR count). The van der Waals surface area contributed by atoms with E-state index in [1.165, 1.54) is 5.56 Å². The molecule has 136 valence electrons. The van der Waals surface area contributed by atoms with E-state index >= 15 is 0 Å². The van der Waals surface area contributed by atoms with Gasteiger partial charge in [0.05, 0.1) is 0 Å². The van der Waals surface area contributed by atoms with E-state index in [0.717, 1.165) is 58.2 Å². The van der Waals surface area contributed by atoms with Gasteiger partial charge in [-0.3, -0.25) is 9.59 Å². The van der Waals surface area contributed by atoms with Crippen molar-refractivity contribution in [1.29, 1.82) is 0 Å². The van der Waals surface area contributed by atoms with E-state index in [0.29, 0.717) is 12.3 Å². The number of amides is 2. The summed E-state index contributed by atoms with van der Waals surface area (Å²) in [5.41, 5.74) is 1.40. The minimum absolute atomic E-state index is 0.104. The Morgan fingerprint density at radius 2 is 1.76 bits per heavy atom. The van der Waals surface area contributed by atoms with Gasteiger partial charge in [-0.2, -0.15) is 0 Å². The Bertz CT molecular complexity index is 587. The van der Waals surface area contributed by atoms with Gasteiger partial charge in [-0.15, -0.1) is 0 Å². The monoisotopic (exact) mass is 342 g/mol. The van der Waals surface area contributed by atoms with Crippen LogP contribution in [0.4, 0.5) is 0 Å². The fraction of sp³-hybridized carbons (Fsp3) is 0.619. The van der Waals surface area contributed by atoms with Crippen molar-refractivity contribution in [2.75, 3.05) is 19.6 Å². The van der Waals surface area contributed by atoms with Crippen LogP contribution < -0.4 is 0 Å². The number of hydrogen-bond donors (Lipinski definition) is 0. The van der Waals surface area contributed by atoms with Gasteiger partial charge in [-0.25, -0.2) is 0 Å². The number of likely N-dealkylation sites (tertiary alicyclic amines) is 2. The molecular formula is C21H30N2O2. The summed E-state index contributed by atoms with van der Waals surface area (Å²) >= 11 is 0. The molecular weight excluding hydrogens is 312 g/mol. The first-order valence-corrected chi connectivity index (χ1v) is 9.75. The van der Waals surface area contributed by atoms with Gasteiger partial charge in [-0.05, 0) is 50.0 Å². The molecule has 0 aliphatic carbocycles.